The Morgan fingerprint density at radius 1 is 1.53 bits per heavy atom. The molecule has 1 aromatic rings. The average Bonchev–Trinajstić information content (AvgIpc) is 2.24. The molecule has 0 aliphatic rings. The summed E-state index contributed by atoms with van der Waals surface area (Å²) in [5.74, 6) is 1.50. The van der Waals surface area contributed by atoms with Gasteiger partial charge in [-0.3, -0.25) is 4.79 Å². The van der Waals surface area contributed by atoms with E-state index in [0.717, 1.165) is 11.3 Å². The van der Waals surface area contributed by atoms with Crippen molar-refractivity contribution in [2.75, 3.05) is 13.2 Å². The van der Waals surface area contributed by atoms with Crippen LogP contribution in [0.4, 0.5) is 0 Å². The van der Waals surface area contributed by atoms with Crippen molar-refractivity contribution in [3.8, 4) is 5.75 Å². The molecule has 0 aliphatic carbocycles. The van der Waals surface area contributed by atoms with E-state index in [9.17, 15) is 4.79 Å². The second-order valence-corrected chi connectivity index (χ2v) is 4.22. The summed E-state index contributed by atoms with van der Waals surface area (Å²) in [6, 6.07) is 7.72. The van der Waals surface area contributed by atoms with Gasteiger partial charge in [-0.2, -0.15) is 0 Å². The minimum Gasteiger partial charge on any atom is -0.492 e. The van der Waals surface area contributed by atoms with Crippen LogP contribution in [-0.2, 0) is 10.5 Å². The van der Waals surface area contributed by atoms with Crippen molar-refractivity contribution >= 4 is 16.9 Å². The Kier molecular flexibility index (Phi) is 5.21. The Hall–Kier alpha value is -1.00. The minimum absolute atomic E-state index is 0.128. The summed E-state index contributed by atoms with van der Waals surface area (Å²) >= 11 is 1.30. The minimum atomic E-state index is 0.128. The molecule has 15 heavy (non-hydrogen) atoms. The molecule has 0 unspecified atom stereocenters. The molecule has 0 spiro atoms. The van der Waals surface area contributed by atoms with Gasteiger partial charge in [0, 0.05) is 19.2 Å². The van der Waals surface area contributed by atoms with Crippen LogP contribution in [0.5, 0.6) is 5.75 Å². The monoisotopic (exact) mass is 225 g/mol. The number of benzene rings is 1. The average molecular weight is 225 g/mol. The highest BCUT2D eigenvalue weighted by atomic mass is 32.2. The number of hydrogen-bond donors (Lipinski definition) is 1. The second kappa shape index (κ2) is 6.48. The van der Waals surface area contributed by atoms with Crippen LogP contribution >= 0.6 is 11.8 Å². The fourth-order valence-corrected chi connectivity index (χ4v) is 1.64. The third-order valence-corrected chi connectivity index (χ3v) is 2.61. The highest BCUT2D eigenvalue weighted by Gasteiger charge is 1.99. The molecule has 0 atom stereocenters. The van der Waals surface area contributed by atoms with Crippen molar-refractivity contribution in [2.24, 2.45) is 5.73 Å². The second-order valence-electron chi connectivity index (χ2n) is 3.06. The van der Waals surface area contributed by atoms with Crippen molar-refractivity contribution < 1.29 is 9.53 Å². The third kappa shape index (κ3) is 4.85. The van der Waals surface area contributed by atoms with Crippen LogP contribution in [0.25, 0.3) is 0 Å². The predicted molar refractivity (Wildman–Crippen MR) is 63.0 cm³/mol. The first-order valence-electron chi connectivity index (χ1n) is 4.77. The summed E-state index contributed by atoms with van der Waals surface area (Å²) in [7, 11) is 0. The fraction of sp³-hybridized carbons (Fsp3) is 0.364. The number of carbonyl (C=O) groups is 1. The van der Waals surface area contributed by atoms with Crippen LogP contribution in [0.2, 0.25) is 0 Å². The summed E-state index contributed by atoms with van der Waals surface area (Å²) in [5.41, 5.74) is 6.43. The molecule has 82 valence electrons. The smallest absolute Gasteiger partial charge is 0.186 e. The van der Waals surface area contributed by atoms with Crippen molar-refractivity contribution in [2.45, 2.75) is 12.7 Å². The lowest BCUT2D eigenvalue weighted by atomic mass is 10.2. The van der Waals surface area contributed by atoms with E-state index in [0.29, 0.717) is 18.9 Å². The van der Waals surface area contributed by atoms with E-state index in [1.807, 2.05) is 24.3 Å². The van der Waals surface area contributed by atoms with Gasteiger partial charge in [-0.1, -0.05) is 23.9 Å². The van der Waals surface area contributed by atoms with Gasteiger partial charge in [0.1, 0.15) is 12.4 Å². The lowest BCUT2D eigenvalue weighted by molar-refractivity contribution is -0.109. The van der Waals surface area contributed by atoms with Gasteiger partial charge in [-0.25, -0.2) is 0 Å². The molecule has 0 saturated heterocycles. The summed E-state index contributed by atoms with van der Waals surface area (Å²) in [4.78, 5) is 10.8. The van der Waals surface area contributed by atoms with E-state index in [1.54, 1.807) is 6.92 Å². The van der Waals surface area contributed by atoms with Gasteiger partial charge in [0.15, 0.2) is 5.12 Å². The van der Waals surface area contributed by atoms with Crippen LogP contribution in [0.15, 0.2) is 24.3 Å². The molecular formula is C11H15NO2S. The van der Waals surface area contributed by atoms with E-state index < -0.39 is 0 Å². The number of carbonyl (C=O) groups excluding carboxylic acids is 1. The maximum absolute atomic E-state index is 10.8. The van der Waals surface area contributed by atoms with Gasteiger partial charge in [0.2, 0.25) is 0 Å². The van der Waals surface area contributed by atoms with E-state index in [1.165, 1.54) is 11.8 Å². The summed E-state index contributed by atoms with van der Waals surface area (Å²) in [6.07, 6.45) is 0. The standard InChI is InChI=1S/C11H15NO2S/c1-9(13)15-8-10-3-2-4-11(7-10)14-6-5-12/h2-4,7H,5-6,8,12H2,1H3. The first-order chi connectivity index (χ1) is 7.22. The highest BCUT2D eigenvalue weighted by molar-refractivity contribution is 8.12. The molecule has 0 saturated carbocycles. The molecule has 0 heterocycles. The Labute approximate surface area is 94.0 Å². The first kappa shape index (κ1) is 12.1. The molecule has 4 heteroatoms. The van der Waals surface area contributed by atoms with Gasteiger partial charge in [0.25, 0.3) is 0 Å². The Morgan fingerprint density at radius 2 is 2.33 bits per heavy atom. The number of nitrogens with two attached hydrogens (primary N) is 1. The van der Waals surface area contributed by atoms with Gasteiger partial charge in [-0.15, -0.1) is 0 Å². The van der Waals surface area contributed by atoms with E-state index in [-0.39, 0.29) is 5.12 Å². The van der Waals surface area contributed by atoms with E-state index in [2.05, 4.69) is 0 Å². The predicted octanol–water partition coefficient (Wildman–Crippen LogP) is 1.80. The molecular weight excluding hydrogens is 210 g/mol. The van der Waals surface area contributed by atoms with Crippen LogP contribution in [0.1, 0.15) is 12.5 Å². The van der Waals surface area contributed by atoms with Crippen molar-refractivity contribution in [3.63, 3.8) is 0 Å². The van der Waals surface area contributed by atoms with Gasteiger partial charge in [-0.05, 0) is 17.7 Å². The zero-order valence-corrected chi connectivity index (χ0v) is 9.55. The van der Waals surface area contributed by atoms with Gasteiger partial charge >= 0.3 is 0 Å². The highest BCUT2D eigenvalue weighted by Crippen LogP contribution is 2.18. The first-order valence-corrected chi connectivity index (χ1v) is 5.76. The normalized spacial score (nSPS) is 10.0. The molecule has 1 aromatic carbocycles. The number of rotatable bonds is 5. The Balaban J connectivity index is 2.53. The van der Waals surface area contributed by atoms with Crippen LogP contribution in [-0.4, -0.2) is 18.3 Å². The maximum Gasteiger partial charge on any atom is 0.186 e. The molecule has 0 bridgehead atoms. The van der Waals surface area contributed by atoms with Crippen molar-refractivity contribution in [1.29, 1.82) is 0 Å². The fourth-order valence-electron chi connectivity index (χ4n) is 1.09. The Bertz CT molecular complexity index is 328. The third-order valence-electron chi connectivity index (χ3n) is 1.73. The van der Waals surface area contributed by atoms with Crippen molar-refractivity contribution in [1.82, 2.24) is 0 Å². The quantitative estimate of drug-likeness (QED) is 0.830. The number of thioether (sulfide) groups is 1. The summed E-state index contributed by atoms with van der Waals surface area (Å²) in [6.45, 7) is 2.59. The molecule has 0 aromatic heterocycles. The van der Waals surface area contributed by atoms with Crippen LogP contribution < -0.4 is 10.5 Å². The van der Waals surface area contributed by atoms with Crippen molar-refractivity contribution in [3.05, 3.63) is 29.8 Å². The lowest BCUT2D eigenvalue weighted by Crippen LogP contribution is -2.10. The van der Waals surface area contributed by atoms with Gasteiger partial charge in [0.05, 0.1) is 0 Å². The SMILES string of the molecule is CC(=O)SCc1cccc(OCCN)c1. The molecule has 0 fully saturated rings. The van der Waals surface area contributed by atoms with E-state index >= 15 is 0 Å². The molecule has 0 aliphatic heterocycles. The largest absolute Gasteiger partial charge is 0.492 e. The lowest BCUT2D eigenvalue weighted by Gasteiger charge is -2.06. The Morgan fingerprint density at radius 3 is 3.00 bits per heavy atom. The van der Waals surface area contributed by atoms with Crippen LogP contribution in [0.3, 0.4) is 0 Å². The zero-order chi connectivity index (χ0) is 11.1. The molecule has 0 amide bonds. The number of hydrogen-bond acceptors (Lipinski definition) is 4. The topological polar surface area (TPSA) is 52.3 Å². The summed E-state index contributed by atoms with van der Waals surface area (Å²) in [5, 5.41) is 0.128. The zero-order valence-electron chi connectivity index (χ0n) is 8.73. The van der Waals surface area contributed by atoms with Gasteiger partial charge < -0.3 is 10.5 Å². The number of ether oxygens (including phenoxy) is 1. The van der Waals surface area contributed by atoms with E-state index in [4.69, 9.17) is 10.5 Å². The molecule has 0 radical (unpaired) electrons. The molecule has 2 N–H and O–H groups in total. The maximum atomic E-state index is 10.8. The van der Waals surface area contributed by atoms with Crippen LogP contribution in [0, 0.1) is 0 Å². The molecule has 1 rings (SSSR count). The molecule has 3 nitrogen and oxygen atoms in total. The summed E-state index contributed by atoms with van der Waals surface area (Å²) < 4.78 is 5.38.